The molecule has 3 aromatic rings. The topological polar surface area (TPSA) is 82.1 Å². The van der Waals surface area contributed by atoms with Crippen molar-refractivity contribution in [2.75, 3.05) is 29.8 Å². The molecule has 0 saturated heterocycles. The summed E-state index contributed by atoms with van der Waals surface area (Å²) in [6.45, 7) is 1.61. The predicted molar refractivity (Wildman–Crippen MR) is 141 cm³/mol. The fourth-order valence-corrected chi connectivity index (χ4v) is 5.44. The molecule has 0 bridgehead atoms. The first-order valence-electron chi connectivity index (χ1n) is 10.7. The summed E-state index contributed by atoms with van der Waals surface area (Å²) in [6.07, 6.45) is 2.33. The number of benzene rings is 3. The van der Waals surface area contributed by atoms with E-state index >= 15 is 0 Å². The van der Waals surface area contributed by atoms with E-state index in [1.165, 1.54) is 18.3 Å². The first-order chi connectivity index (χ1) is 16.2. The number of hydrogen-bond donors (Lipinski definition) is 1. The Labute approximate surface area is 209 Å². The average Bonchev–Trinajstić information content (AvgIpc) is 2.83. The lowest BCUT2D eigenvalue weighted by molar-refractivity contribution is -0.119. The van der Waals surface area contributed by atoms with Crippen LogP contribution in [0.25, 0.3) is 0 Å². The highest BCUT2D eigenvalue weighted by atomic mass is 79.9. The van der Waals surface area contributed by atoms with Crippen molar-refractivity contribution in [2.24, 2.45) is 5.10 Å². The van der Waals surface area contributed by atoms with Gasteiger partial charge in [0.25, 0.3) is 15.9 Å². The summed E-state index contributed by atoms with van der Waals surface area (Å²) < 4.78 is 28.7. The van der Waals surface area contributed by atoms with Crippen molar-refractivity contribution in [3.63, 3.8) is 0 Å². The van der Waals surface area contributed by atoms with E-state index in [9.17, 15) is 13.2 Å². The van der Waals surface area contributed by atoms with Gasteiger partial charge in [0, 0.05) is 18.6 Å². The number of carbonyl (C=O) groups is 1. The summed E-state index contributed by atoms with van der Waals surface area (Å²) in [4.78, 5) is 14.8. The van der Waals surface area contributed by atoms with Crippen molar-refractivity contribution in [3.8, 4) is 0 Å². The van der Waals surface area contributed by atoms with Gasteiger partial charge in [-0.2, -0.15) is 5.10 Å². The van der Waals surface area contributed by atoms with E-state index in [-0.39, 0.29) is 4.90 Å². The highest BCUT2D eigenvalue weighted by Gasteiger charge is 2.27. The molecule has 0 saturated carbocycles. The Morgan fingerprint density at radius 3 is 2.29 bits per heavy atom. The van der Waals surface area contributed by atoms with E-state index in [0.717, 1.165) is 32.0 Å². The third-order valence-corrected chi connectivity index (χ3v) is 7.53. The number of nitrogens with zero attached hydrogens (tertiary/aromatic N) is 3. The third kappa shape index (κ3) is 6.24. The zero-order chi connectivity index (χ0) is 24.7. The molecule has 7 nitrogen and oxygen atoms in total. The molecule has 0 aliphatic heterocycles. The van der Waals surface area contributed by atoms with Crippen molar-refractivity contribution < 1.29 is 13.2 Å². The van der Waals surface area contributed by atoms with Crippen LogP contribution in [0.2, 0.25) is 0 Å². The summed E-state index contributed by atoms with van der Waals surface area (Å²) in [5.41, 5.74) is 5.70. The Bertz CT molecular complexity index is 1260. The molecular weight excluding hydrogens is 516 g/mol. The molecule has 0 heterocycles. The van der Waals surface area contributed by atoms with E-state index in [2.05, 4.69) is 26.5 Å². The van der Waals surface area contributed by atoms with Crippen LogP contribution in [0.3, 0.4) is 0 Å². The van der Waals surface area contributed by atoms with Crippen molar-refractivity contribution >= 4 is 49.4 Å². The van der Waals surface area contributed by atoms with E-state index in [0.29, 0.717) is 5.69 Å². The van der Waals surface area contributed by atoms with Crippen molar-refractivity contribution in [2.45, 2.75) is 18.2 Å². The number of hydrogen-bond acceptors (Lipinski definition) is 5. The second-order valence-corrected chi connectivity index (χ2v) is 10.5. The normalized spacial score (nSPS) is 11.4. The van der Waals surface area contributed by atoms with Crippen molar-refractivity contribution in [3.05, 3.63) is 88.4 Å². The van der Waals surface area contributed by atoms with Crippen LogP contribution < -0.4 is 14.6 Å². The molecule has 0 spiro atoms. The van der Waals surface area contributed by atoms with Crippen LogP contribution in [0, 0.1) is 0 Å². The second-order valence-electron chi connectivity index (χ2n) is 7.74. The van der Waals surface area contributed by atoms with Gasteiger partial charge in [-0.3, -0.25) is 9.10 Å². The molecule has 178 valence electrons. The maximum absolute atomic E-state index is 13.3. The standard InChI is InChI=1S/C25H27BrN4O3S/c1-4-19-10-13-21(14-11-19)30(34(32,33)22-8-6-5-7-9-22)18-25(31)28-27-17-20-12-15-24(29(2)3)23(26)16-20/h5-17H,4,18H2,1-3H3,(H,28,31)/b27-17-. The van der Waals surface area contributed by atoms with Gasteiger partial charge in [-0.1, -0.05) is 43.3 Å². The predicted octanol–water partition coefficient (Wildman–Crippen LogP) is 4.42. The number of halogens is 1. The van der Waals surface area contributed by atoms with E-state index in [4.69, 9.17) is 0 Å². The van der Waals surface area contributed by atoms with Gasteiger partial charge in [0.1, 0.15) is 6.54 Å². The molecular formula is C25H27BrN4O3S. The van der Waals surface area contributed by atoms with E-state index < -0.39 is 22.5 Å². The number of nitrogens with one attached hydrogen (secondary N) is 1. The third-order valence-electron chi connectivity index (χ3n) is 5.11. The lowest BCUT2D eigenvalue weighted by Gasteiger charge is -2.24. The molecule has 9 heteroatoms. The van der Waals surface area contributed by atoms with E-state index in [1.54, 1.807) is 30.3 Å². The molecule has 0 aromatic heterocycles. The Morgan fingerprint density at radius 2 is 1.71 bits per heavy atom. The van der Waals surface area contributed by atoms with Gasteiger partial charge < -0.3 is 4.90 Å². The Balaban J connectivity index is 1.80. The van der Waals surface area contributed by atoms with E-state index in [1.807, 2.05) is 56.3 Å². The fourth-order valence-electron chi connectivity index (χ4n) is 3.24. The van der Waals surface area contributed by atoms with Crippen LogP contribution >= 0.6 is 15.9 Å². The minimum Gasteiger partial charge on any atom is -0.377 e. The van der Waals surface area contributed by atoms with Crippen LogP contribution in [0.1, 0.15) is 18.1 Å². The van der Waals surface area contributed by atoms with Crippen molar-refractivity contribution in [1.29, 1.82) is 0 Å². The summed E-state index contributed by atoms with van der Waals surface area (Å²) in [6, 6.07) is 20.9. The van der Waals surface area contributed by atoms with Gasteiger partial charge in [0.05, 0.1) is 22.5 Å². The first-order valence-corrected chi connectivity index (χ1v) is 12.9. The molecule has 3 rings (SSSR count). The molecule has 0 aliphatic rings. The zero-order valence-corrected chi connectivity index (χ0v) is 21.7. The van der Waals surface area contributed by atoms with Gasteiger partial charge in [-0.05, 0) is 69.9 Å². The highest BCUT2D eigenvalue weighted by molar-refractivity contribution is 9.10. The number of carbonyl (C=O) groups excluding carboxylic acids is 1. The highest BCUT2D eigenvalue weighted by Crippen LogP contribution is 2.26. The molecule has 0 fully saturated rings. The summed E-state index contributed by atoms with van der Waals surface area (Å²) in [5, 5.41) is 4.01. The lowest BCUT2D eigenvalue weighted by Crippen LogP contribution is -2.39. The average molecular weight is 543 g/mol. The smallest absolute Gasteiger partial charge is 0.264 e. The number of rotatable bonds is 9. The molecule has 0 unspecified atom stereocenters. The number of hydrazone groups is 1. The molecule has 34 heavy (non-hydrogen) atoms. The second kappa shape index (κ2) is 11.3. The van der Waals surface area contributed by atoms with Gasteiger partial charge in [0.2, 0.25) is 0 Å². The SMILES string of the molecule is CCc1ccc(N(CC(=O)N/N=C\c2ccc(N(C)C)c(Br)c2)S(=O)(=O)c2ccccc2)cc1. The van der Waals surface area contributed by atoms with Crippen molar-refractivity contribution in [1.82, 2.24) is 5.43 Å². The van der Waals surface area contributed by atoms with Crippen LogP contribution in [0.15, 0.2) is 87.3 Å². The quantitative estimate of drug-likeness (QED) is 0.320. The summed E-state index contributed by atoms with van der Waals surface area (Å²) in [7, 11) is -0.0676. The number of sulfonamides is 1. The Hall–Kier alpha value is -3.17. The van der Waals surface area contributed by atoms with Crippen LogP contribution in [-0.4, -0.2) is 41.2 Å². The molecule has 0 aliphatic carbocycles. The van der Waals surface area contributed by atoms with Crippen LogP contribution in [0.5, 0.6) is 0 Å². The Morgan fingerprint density at radius 1 is 1.03 bits per heavy atom. The molecule has 1 amide bonds. The van der Waals surface area contributed by atoms with Crippen LogP contribution in [-0.2, 0) is 21.2 Å². The summed E-state index contributed by atoms with van der Waals surface area (Å²) >= 11 is 3.52. The fraction of sp³-hybridized carbons (Fsp3) is 0.200. The Kier molecular flexibility index (Phi) is 8.46. The molecule has 1 N–H and O–H groups in total. The van der Waals surface area contributed by atoms with Gasteiger partial charge >= 0.3 is 0 Å². The minimum absolute atomic E-state index is 0.108. The van der Waals surface area contributed by atoms with Gasteiger partial charge in [-0.15, -0.1) is 0 Å². The molecule has 3 aromatic carbocycles. The van der Waals surface area contributed by atoms with Crippen LogP contribution in [0.4, 0.5) is 11.4 Å². The summed E-state index contributed by atoms with van der Waals surface area (Å²) in [5.74, 6) is -0.556. The number of aryl methyl sites for hydroxylation is 1. The van der Waals surface area contributed by atoms with Gasteiger partial charge in [0.15, 0.2) is 0 Å². The minimum atomic E-state index is -3.95. The largest absolute Gasteiger partial charge is 0.377 e. The maximum atomic E-state index is 13.3. The molecule has 0 atom stereocenters. The maximum Gasteiger partial charge on any atom is 0.264 e. The zero-order valence-electron chi connectivity index (χ0n) is 19.3. The number of amides is 1. The molecule has 0 radical (unpaired) electrons. The first kappa shape index (κ1) is 25.5. The monoisotopic (exact) mass is 542 g/mol. The lowest BCUT2D eigenvalue weighted by atomic mass is 10.1. The van der Waals surface area contributed by atoms with Gasteiger partial charge in [-0.25, -0.2) is 13.8 Å². The number of anilines is 2.